The van der Waals surface area contributed by atoms with Crippen molar-refractivity contribution >= 4 is 35.4 Å². The van der Waals surface area contributed by atoms with Crippen molar-refractivity contribution in [3.8, 4) is 0 Å². The smallest absolute Gasteiger partial charge is 0.256 e. The Kier molecular flexibility index (Phi) is 6.41. The van der Waals surface area contributed by atoms with Gasteiger partial charge in [0.25, 0.3) is 11.8 Å². The molecule has 116 valence electrons. The topological polar surface area (TPSA) is 95.6 Å². The minimum absolute atomic E-state index is 0.141. The number of thioether (sulfide) groups is 1. The van der Waals surface area contributed by atoms with Gasteiger partial charge in [-0.25, -0.2) is 0 Å². The largest absolute Gasteiger partial charge is 0.358 e. The molecule has 1 aliphatic heterocycles. The molecular weight excluding hydrogens is 294 g/mol. The van der Waals surface area contributed by atoms with E-state index in [4.69, 9.17) is 0 Å². The van der Waals surface area contributed by atoms with E-state index in [0.29, 0.717) is 11.1 Å². The van der Waals surface area contributed by atoms with Gasteiger partial charge >= 0.3 is 0 Å². The molecule has 7 nitrogen and oxygen atoms in total. The first-order valence-corrected chi connectivity index (χ1v) is 7.62. The van der Waals surface area contributed by atoms with E-state index in [2.05, 4.69) is 10.6 Å². The molecule has 21 heavy (non-hydrogen) atoms. The fraction of sp³-hybridized carbons (Fsp3) is 0.538. The Hall–Kier alpha value is -1.83. The molecular formula is C13H19N3O4S. The molecule has 0 aromatic rings. The molecule has 0 bridgehead atoms. The summed E-state index contributed by atoms with van der Waals surface area (Å²) in [6, 6.07) is 0. The molecule has 0 saturated heterocycles. The molecule has 1 aliphatic rings. The molecule has 4 amide bonds. The van der Waals surface area contributed by atoms with Gasteiger partial charge in [-0.05, 0) is 13.8 Å². The number of rotatable bonds is 7. The highest BCUT2D eigenvalue weighted by Crippen LogP contribution is 2.18. The molecule has 0 spiro atoms. The van der Waals surface area contributed by atoms with Crippen molar-refractivity contribution < 1.29 is 19.2 Å². The number of amides is 4. The number of nitrogens with one attached hydrogen (secondary N) is 2. The molecule has 0 unspecified atom stereocenters. The van der Waals surface area contributed by atoms with E-state index in [-0.39, 0.29) is 48.2 Å². The minimum atomic E-state index is -0.305. The summed E-state index contributed by atoms with van der Waals surface area (Å²) in [5.41, 5.74) is 0.903. The second kappa shape index (κ2) is 7.82. The molecule has 0 aromatic heterocycles. The van der Waals surface area contributed by atoms with Crippen LogP contribution in [0.1, 0.15) is 13.8 Å². The maximum Gasteiger partial charge on any atom is 0.256 e. The maximum atomic E-state index is 11.8. The van der Waals surface area contributed by atoms with Gasteiger partial charge in [0.15, 0.2) is 0 Å². The van der Waals surface area contributed by atoms with E-state index in [9.17, 15) is 19.2 Å². The monoisotopic (exact) mass is 313 g/mol. The van der Waals surface area contributed by atoms with Crippen molar-refractivity contribution in [3.05, 3.63) is 11.1 Å². The fourth-order valence-electron chi connectivity index (χ4n) is 1.69. The normalized spacial score (nSPS) is 14.7. The zero-order chi connectivity index (χ0) is 16.0. The average molecular weight is 313 g/mol. The highest BCUT2D eigenvalue weighted by atomic mass is 32.2. The predicted molar refractivity (Wildman–Crippen MR) is 79.5 cm³/mol. The molecule has 1 rings (SSSR count). The van der Waals surface area contributed by atoms with E-state index in [1.165, 1.54) is 18.8 Å². The lowest BCUT2D eigenvalue weighted by molar-refractivity contribution is -0.138. The Bertz CT molecular complexity index is 478. The molecule has 0 fully saturated rings. The van der Waals surface area contributed by atoms with E-state index in [0.717, 1.165) is 4.90 Å². The van der Waals surface area contributed by atoms with Crippen molar-refractivity contribution in [1.29, 1.82) is 0 Å². The summed E-state index contributed by atoms with van der Waals surface area (Å²) in [7, 11) is 1.53. The maximum absolute atomic E-state index is 11.8. The van der Waals surface area contributed by atoms with Crippen LogP contribution in [0.4, 0.5) is 0 Å². The summed E-state index contributed by atoms with van der Waals surface area (Å²) in [4.78, 5) is 47.1. The quantitative estimate of drug-likeness (QED) is 0.605. The molecule has 0 aliphatic carbocycles. The van der Waals surface area contributed by atoms with Gasteiger partial charge in [0.05, 0.1) is 11.5 Å². The molecule has 0 radical (unpaired) electrons. The van der Waals surface area contributed by atoms with Crippen LogP contribution in [0.2, 0.25) is 0 Å². The molecule has 0 saturated carbocycles. The fourth-order valence-corrected chi connectivity index (χ4v) is 2.41. The lowest BCUT2D eigenvalue weighted by atomic mass is 10.2. The number of hydrogen-bond donors (Lipinski definition) is 2. The molecule has 0 atom stereocenters. The number of carbonyl (C=O) groups is 4. The van der Waals surface area contributed by atoms with Crippen molar-refractivity contribution in [2.45, 2.75) is 13.8 Å². The summed E-state index contributed by atoms with van der Waals surface area (Å²) < 4.78 is 0. The standard InChI is InChI=1S/C13H19N3O4S/c1-8-9(2)13(20)16(12(8)19)5-4-15-11(18)7-21-6-10(17)14-3/h4-7H2,1-3H3,(H,14,17)(H,15,18). The summed E-state index contributed by atoms with van der Waals surface area (Å²) >= 11 is 1.20. The Morgan fingerprint density at radius 1 is 1.05 bits per heavy atom. The van der Waals surface area contributed by atoms with Gasteiger partial charge in [0, 0.05) is 31.3 Å². The van der Waals surface area contributed by atoms with Gasteiger partial charge in [-0.3, -0.25) is 24.1 Å². The van der Waals surface area contributed by atoms with Gasteiger partial charge in [-0.1, -0.05) is 0 Å². The zero-order valence-electron chi connectivity index (χ0n) is 12.3. The van der Waals surface area contributed by atoms with Crippen LogP contribution >= 0.6 is 11.8 Å². The minimum Gasteiger partial charge on any atom is -0.358 e. The van der Waals surface area contributed by atoms with Crippen LogP contribution in [0.5, 0.6) is 0 Å². The van der Waals surface area contributed by atoms with Crippen molar-refractivity contribution in [2.24, 2.45) is 0 Å². The van der Waals surface area contributed by atoms with E-state index < -0.39 is 0 Å². The van der Waals surface area contributed by atoms with Gasteiger partial charge in [0.1, 0.15) is 0 Å². The van der Waals surface area contributed by atoms with Crippen LogP contribution < -0.4 is 10.6 Å². The van der Waals surface area contributed by atoms with Crippen LogP contribution in [-0.4, -0.2) is 60.2 Å². The highest BCUT2D eigenvalue weighted by Gasteiger charge is 2.32. The first kappa shape index (κ1) is 17.2. The number of hydrogen-bond acceptors (Lipinski definition) is 5. The van der Waals surface area contributed by atoms with Crippen molar-refractivity contribution in [1.82, 2.24) is 15.5 Å². The number of carbonyl (C=O) groups excluding carboxylic acids is 4. The first-order chi connectivity index (χ1) is 9.88. The molecule has 0 aromatic carbocycles. The van der Waals surface area contributed by atoms with E-state index >= 15 is 0 Å². The van der Waals surface area contributed by atoms with Gasteiger partial charge in [-0.15, -0.1) is 11.8 Å². The average Bonchev–Trinajstić information content (AvgIpc) is 2.64. The Labute approximate surface area is 127 Å². The summed E-state index contributed by atoms with van der Waals surface area (Å²) in [6.45, 7) is 3.59. The number of imide groups is 1. The van der Waals surface area contributed by atoms with E-state index in [1.54, 1.807) is 13.8 Å². The van der Waals surface area contributed by atoms with E-state index in [1.807, 2.05) is 0 Å². The molecule has 1 heterocycles. The first-order valence-electron chi connectivity index (χ1n) is 6.47. The van der Waals surface area contributed by atoms with Crippen molar-refractivity contribution in [2.75, 3.05) is 31.6 Å². The molecule has 2 N–H and O–H groups in total. The third-order valence-corrected chi connectivity index (χ3v) is 4.03. The second-order valence-electron chi connectivity index (χ2n) is 4.53. The Morgan fingerprint density at radius 3 is 2.10 bits per heavy atom. The molecule has 8 heteroatoms. The second-order valence-corrected chi connectivity index (χ2v) is 5.51. The van der Waals surface area contributed by atoms with Crippen molar-refractivity contribution in [3.63, 3.8) is 0 Å². The number of nitrogens with zero attached hydrogens (tertiary/aromatic N) is 1. The van der Waals surface area contributed by atoms with Gasteiger partial charge < -0.3 is 10.6 Å². The lowest BCUT2D eigenvalue weighted by Crippen LogP contribution is -2.39. The van der Waals surface area contributed by atoms with Crippen LogP contribution in [-0.2, 0) is 19.2 Å². The highest BCUT2D eigenvalue weighted by molar-refractivity contribution is 8.00. The van der Waals surface area contributed by atoms with Crippen LogP contribution in [0.15, 0.2) is 11.1 Å². The zero-order valence-corrected chi connectivity index (χ0v) is 13.1. The lowest BCUT2D eigenvalue weighted by Gasteiger charge is -2.15. The SMILES string of the molecule is CNC(=O)CSCC(=O)NCCN1C(=O)C(C)=C(C)C1=O. The summed E-state index contributed by atoms with van der Waals surface area (Å²) in [5.74, 6) is -0.607. The summed E-state index contributed by atoms with van der Waals surface area (Å²) in [5, 5.41) is 5.08. The van der Waals surface area contributed by atoms with Gasteiger partial charge in [-0.2, -0.15) is 0 Å². The van der Waals surface area contributed by atoms with Crippen LogP contribution in [0.25, 0.3) is 0 Å². The Morgan fingerprint density at radius 2 is 1.57 bits per heavy atom. The van der Waals surface area contributed by atoms with Crippen LogP contribution in [0.3, 0.4) is 0 Å². The predicted octanol–water partition coefficient (Wildman–Crippen LogP) is -0.713. The van der Waals surface area contributed by atoms with Crippen LogP contribution in [0, 0.1) is 0 Å². The third-order valence-electron chi connectivity index (χ3n) is 3.10. The third kappa shape index (κ3) is 4.59. The van der Waals surface area contributed by atoms with Gasteiger partial charge in [0.2, 0.25) is 11.8 Å². The summed E-state index contributed by atoms with van der Waals surface area (Å²) in [6.07, 6.45) is 0. The Balaban J connectivity index is 2.26.